The van der Waals surface area contributed by atoms with Crippen LogP contribution in [0.15, 0.2) is 0 Å². The van der Waals surface area contributed by atoms with Crippen LogP contribution in [0.3, 0.4) is 0 Å². The molecular weight excluding hydrogens is 212 g/mol. The molecule has 1 rings (SSSR count). The lowest BCUT2D eigenvalue weighted by Crippen LogP contribution is -2.50. The van der Waals surface area contributed by atoms with Gasteiger partial charge in [-0.1, -0.05) is 27.7 Å². The quantitative estimate of drug-likeness (QED) is 0.814. The highest BCUT2D eigenvalue weighted by Crippen LogP contribution is 2.17. The molecule has 3 nitrogen and oxygen atoms in total. The first kappa shape index (κ1) is 14.9. The van der Waals surface area contributed by atoms with Crippen molar-refractivity contribution in [2.75, 3.05) is 39.9 Å². The van der Waals surface area contributed by atoms with Crippen molar-refractivity contribution < 1.29 is 4.74 Å². The zero-order valence-corrected chi connectivity index (χ0v) is 12.2. The third-order valence-electron chi connectivity index (χ3n) is 3.65. The van der Waals surface area contributed by atoms with Crippen molar-refractivity contribution in [2.45, 2.75) is 33.7 Å². The minimum Gasteiger partial charge on any atom is -0.383 e. The van der Waals surface area contributed by atoms with Crippen molar-refractivity contribution in [3.8, 4) is 0 Å². The molecule has 3 atom stereocenters. The van der Waals surface area contributed by atoms with Crippen LogP contribution in [0.5, 0.6) is 0 Å². The molecule has 0 saturated carbocycles. The molecule has 1 aliphatic heterocycles. The molecule has 3 unspecified atom stereocenters. The Balaban J connectivity index is 2.66. The standard InChI is InChI=1S/C14H30N2O/c1-11(2)14(10-17-5)16-8-12(3)6-15-7-13(4)9-16/h11-15H,6-10H2,1-5H3. The molecule has 3 heteroatoms. The normalized spacial score (nSPS) is 30.0. The third kappa shape index (κ3) is 4.94. The zero-order chi connectivity index (χ0) is 12.8. The van der Waals surface area contributed by atoms with E-state index in [-0.39, 0.29) is 0 Å². The van der Waals surface area contributed by atoms with Crippen molar-refractivity contribution in [1.29, 1.82) is 0 Å². The number of methoxy groups -OCH3 is 1. The summed E-state index contributed by atoms with van der Waals surface area (Å²) >= 11 is 0. The summed E-state index contributed by atoms with van der Waals surface area (Å²) in [5.41, 5.74) is 0. The van der Waals surface area contributed by atoms with Crippen LogP contribution in [0.25, 0.3) is 0 Å². The summed E-state index contributed by atoms with van der Waals surface area (Å²) in [5.74, 6) is 2.10. The van der Waals surface area contributed by atoms with Crippen LogP contribution in [0.4, 0.5) is 0 Å². The van der Waals surface area contributed by atoms with Gasteiger partial charge in [-0.3, -0.25) is 4.90 Å². The highest BCUT2D eigenvalue weighted by Gasteiger charge is 2.26. The van der Waals surface area contributed by atoms with Crippen molar-refractivity contribution in [2.24, 2.45) is 17.8 Å². The van der Waals surface area contributed by atoms with Crippen molar-refractivity contribution in [3.63, 3.8) is 0 Å². The van der Waals surface area contributed by atoms with Gasteiger partial charge in [0.1, 0.15) is 0 Å². The number of hydrogen-bond acceptors (Lipinski definition) is 3. The van der Waals surface area contributed by atoms with E-state index < -0.39 is 0 Å². The molecule has 0 aromatic heterocycles. The molecular formula is C14H30N2O. The smallest absolute Gasteiger partial charge is 0.0620 e. The van der Waals surface area contributed by atoms with E-state index in [0.717, 1.165) is 31.5 Å². The molecule has 0 radical (unpaired) electrons. The predicted molar refractivity (Wildman–Crippen MR) is 73.3 cm³/mol. The van der Waals surface area contributed by atoms with Gasteiger partial charge in [0, 0.05) is 26.2 Å². The van der Waals surface area contributed by atoms with Crippen molar-refractivity contribution in [3.05, 3.63) is 0 Å². The van der Waals surface area contributed by atoms with E-state index in [9.17, 15) is 0 Å². The van der Waals surface area contributed by atoms with Crippen LogP contribution in [0, 0.1) is 17.8 Å². The van der Waals surface area contributed by atoms with Gasteiger partial charge >= 0.3 is 0 Å². The Morgan fingerprint density at radius 3 is 2.12 bits per heavy atom. The van der Waals surface area contributed by atoms with Gasteiger partial charge in [-0.25, -0.2) is 0 Å². The van der Waals surface area contributed by atoms with Crippen LogP contribution < -0.4 is 5.32 Å². The van der Waals surface area contributed by atoms with Gasteiger partial charge < -0.3 is 10.1 Å². The van der Waals surface area contributed by atoms with Crippen LogP contribution in [-0.2, 0) is 4.74 Å². The van der Waals surface area contributed by atoms with Gasteiger partial charge in [-0.05, 0) is 30.8 Å². The van der Waals surface area contributed by atoms with E-state index in [1.54, 1.807) is 0 Å². The monoisotopic (exact) mass is 242 g/mol. The number of nitrogens with one attached hydrogen (secondary N) is 1. The van der Waals surface area contributed by atoms with E-state index in [0.29, 0.717) is 12.0 Å². The zero-order valence-electron chi connectivity index (χ0n) is 12.2. The highest BCUT2D eigenvalue weighted by molar-refractivity contribution is 4.80. The Morgan fingerprint density at radius 2 is 1.71 bits per heavy atom. The largest absolute Gasteiger partial charge is 0.383 e. The van der Waals surface area contributed by atoms with E-state index >= 15 is 0 Å². The first-order valence-electron chi connectivity index (χ1n) is 6.98. The molecule has 0 spiro atoms. The van der Waals surface area contributed by atoms with Crippen LogP contribution in [0.1, 0.15) is 27.7 Å². The molecule has 17 heavy (non-hydrogen) atoms. The number of rotatable bonds is 4. The minimum atomic E-state index is 0.558. The molecule has 1 N–H and O–H groups in total. The molecule has 1 saturated heterocycles. The fraction of sp³-hybridized carbons (Fsp3) is 1.00. The lowest BCUT2D eigenvalue weighted by atomic mass is 9.98. The van der Waals surface area contributed by atoms with Crippen LogP contribution in [-0.4, -0.2) is 50.8 Å². The van der Waals surface area contributed by atoms with Crippen LogP contribution in [0.2, 0.25) is 0 Å². The van der Waals surface area contributed by atoms with Gasteiger partial charge in [0.15, 0.2) is 0 Å². The Bertz CT molecular complexity index is 196. The van der Waals surface area contributed by atoms with E-state index in [1.807, 2.05) is 7.11 Å². The summed E-state index contributed by atoms with van der Waals surface area (Å²) in [7, 11) is 1.81. The first-order chi connectivity index (χ1) is 8.04. The van der Waals surface area contributed by atoms with E-state index in [4.69, 9.17) is 4.74 Å². The molecule has 0 bridgehead atoms. The minimum absolute atomic E-state index is 0.558. The SMILES string of the molecule is COCC(C(C)C)N1CC(C)CNCC(C)C1. The van der Waals surface area contributed by atoms with Crippen LogP contribution >= 0.6 is 0 Å². The predicted octanol–water partition coefficient (Wildman–Crippen LogP) is 1.83. The summed E-state index contributed by atoms with van der Waals surface area (Å²) in [5, 5.41) is 3.55. The highest BCUT2D eigenvalue weighted by atomic mass is 16.5. The van der Waals surface area contributed by atoms with Gasteiger partial charge in [0.05, 0.1) is 6.61 Å². The number of hydrogen-bond donors (Lipinski definition) is 1. The maximum atomic E-state index is 5.40. The third-order valence-corrected chi connectivity index (χ3v) is 3.65. The second kappa shape index (κ2) is 7.34. The summed E-state index contributed by atoms with van der Waals surface area (Å²) in [6.07, 6.45) is 0. The Morgan fingerprint density at radius 1 is 1.18 bits per heavy atom. The fourth-order valence-electron chi connectivity index (χ4n) is 2.74. The number of nitrogens with zero attached hydrogens (tertiary/aromatic N) is 1. The lowest BCUT2D eigenvalue weighted by Gasteiger charge is -2.39. The lowest BCUT2D eigenvalue weighted by molar-refractivity contribution is 0.0419. The van der Waals surface area contributed by atoms with Gasteiger partial charge in [-0.2, -0.15) is 0 Å². The molecule has 0 aromatic carbocycles. The second-order valence-electron chi connectivity index (χ2n) is 6.09. The molecule has 1 heterocycles. The molecule has 1 fully saturated rings. The summed E-state index contributed by atoms with van der Waals surface area (Å²) < 4.78 is 5.40. The molecule has 102 valence electrons. The second-order valence-corrected chi connectivity index (χ2v) is 6.09. The van der Waals surface area contributed by atoms with Gasteiger partial charge in [0.2, 0.25) is 0 Å². The Hall–Kier alpha value is -0.120. The first-order valence-corrected chi connectivity index (χ1v) is 6.98. The summed E-state index contributed by atoms with van der Waals surface area (Å²) in [6, 6.07) is 0.558. The number of ether oxygens (including phenoxy) is 1. The van der Waals surface area contributed by atoms with Gasteiger partial charge in [-0.15, -0.1) is 0 Å². The summed E-state index contributed by atoms with van der Waals surface area (Å²) in [4.78, 5) is 2.64. The topological polar surface area (TPSA) is 24.5 Å². The molecule has 0 aromatic rings. The van der Waals surface area contributed by atoms with Crippen molar-refractivity contribution in [1.82, 2.24) is 10.2 Å². The Labute approximate surface area is 107 Å². The maximum Gasteiger partial charge on any atom is 0.0620 e. The molecule has 0 aliphatic carbocycles. The molecule has 1 aliphatic rings. The average Bonchev–Trinajstić information content (AvgIpc) is 2.22. The Kier molecular flexibility index (Phi) is 6.45. The summed E-state index contributed by atoms with van der Waals surface area (Å²) in [6.45, 7) is 14.8. The molecule has 0 amide bonds. The average molecular weight is 242 g/mol. The fourth-order valence-corrected chi connectivity index (χ4v) is 2.74. The van der Waals surface area contributed by atoms with E-state index in [1.165, 1.54) is 13.1 Å². The van der Waals surface area contributed by atoms with E-state index in [2.05, 4.69) is 37.9 Å². The van der Waals surface area contributed by atoms with Crippen molar-refractivity contribution >= 4 is 0 Å². The maximum absolute atomic E-state index is 5.40. The van der Waals surface area contributed by atoms with Gasteiger partial charge in [0.25, 0.3) is 0 Å².